The molecule has 0 saturated heterocycles. The van der Waals surface area contributed by atoms with Crippen molar-refractivity contribution in [3.05, 3.63) is 34.9 Å². The monoisotopic (exact) mass is 252 g/mol. The lowest BCUT2D eigenvalue weighted by atomic mass is 10.0. The number of hydrogen-bond donors (Lipinski definition) is 0. The summed E-state index contributed by atoms with van der Waals surface area (Å²) in [4.78, 5) is 0.635. The molecule has 0 aromatic heterocycles. The van der Waals surface area contributed by atoms with Gasteiger partial charge in [-0.05, 0) is 48.8 Å². The van der Waals surface area contributed by atoms with Gasteiger partial charge in [-0.25, -0.2) is 0 Å². The molecule has 0 nitrogen and oxygen atoms in total. The molecule has 0 heterocycles. The average Bonchev–Trinajstić information content (AvgIpc) is 2.61. The van der Waals surface area contributed by atoms with Gasteiger partial charge in [0.05, 0.1) is 0 Å². The standard InChI is InChI=1S/C13H17Br/c1-10(14)5-6-11-7-8-12-3-2-4-13(12)9-11/h7-10H,2-6H2,1H3. The fourth-order valence-electron chi connectivity index (χ4n) is 2.15. The molecular weight excluding hydrogens is 236 g/mol. The van der Waals surface area contributed by atoms with Crippen LogP contribution in [0.15, 0.2) is 18.2 Å². The zero-order valence-electron chi connectivity index (χ0n) is 8.72. The Morgan fingerprint density at radius 2 is 2.07 bits per heavy atom. The van der Waals surface area contributed by atoms with Gasteiger partial charge in [-0.2, -0.15) is 0 Å². The number of rotatable bonds is 3. The van der Waals surface area contributed by atoms with Crippen molar-refractivity contribution in [3.63, 3.8) is 0 Å². The Labute approximate surface area is 94.8 Å². The first-order valence-corrected chi connectivity index (χ1v) is 6.42. The van der Waals surface area contributed by atoms with Crippen molar-refractivity contribution in [1.29, 1.82) is 0 Å². The summed E-state index contributed by atoms with van der Waals surface area (Å²) in [6, 6.07) is 7.05. The number of aryl methyl sites for hydroxylation is 3. The van der Waals surface area contributed by atoms with Crippen molar-refractivity contribution >= 4 is 15.9 Å². The van der Waals surface area contributed by atoms with Crippen molar-refractivity contribution in [2.45, 2.75) is 43.9 Å². The molecule has 14 heavy (non-hydrogen) atoms. The molecule has 76 valence electrons. The molecule has 0 spiro atoms. The third-order valence-electron chi connectivity index (χ3n) is 2.99. The minimum atomic E-state index is 0.635. The molecule has 1 aromatic carbocycles. The van der Waals surface area contributed by atoms with Crippen LogP contribution in [-0.4, -0.2) is 4.83 Å². The normalized spacial score (nSPS) is 16.7. The molecule has 0 N–H and O–H groups in total. The van der Waals surface area contributed by atoms with Crippen LogP contribution in [0.5, 0.6) is 0 Å². The molecule has 0 fully saturated rings. The van der Waals surface area contributed by atoms with Gasteiger partial charge < -0.3 is 0 Å². The third kappa shape index (κ3) is 2.38. The molecule has 0 amide bonds. The minimum Gasteiger partial charge on any atom is -0.0894 e. The fraction of sp³-hybridized carbons (Fsp3) is 0.538. The first-order valence-electron chi connectivity index (χ1n) is 5.50. The maximum Gasteiger partial charge on any atom is 0.0120 e. The molecule has 1 heteroatoms. The van der Waals surface area contributed by atoms with Gasteiger partial charge in [0.15, 0.2) is 0 Å². The molecule has 0 bridgehead atoms. The van der Waals surface area contributed by atoms with E-state index in [1.54, 1.807) is 11.1 Å². The summed E-state index contributed by atoms with van der Waals surface area (Å²) in [6.07, 6.45) is 6.39. The van der Waals surface area contributed by atoms with Crippen LogP contribution in [-0.2, 0) is 19.3 Å². The quantitative estimate of drug-likeness (QED) is 0.717. The van der Waals surface area contributed by atoms with Gasteiger partial charge in [-0.3, -0.25) is 0 Å². The average molecular weight is 253 g/mol. The van der Waals surface area contributed by atoms with Crippen LogP contribution in [0.25, 0.3) is 0 Å². The predicted octanol–water partition coefficient (Wildman–Crippen LogP) is 3.89. The highest BCUT2D eigenvalue weighted by Gasteiger charge is 2.10. The molecule has 1 atom stereocenters. The van der Waals surface area contributed by atoms with E-state index in [4.69, 9.17) is 0 Å². The highest BCUT2D eigenvalue weighted by Crippen LogP contribution is 2.23. The summed E-state index contributed by atoms with van der Waals surface area (Å²) in [5.74, 6) is 0. The Morgan fingerprint density at radius 1 is 1.29 bits per heavy atom. The van der Waals surface area contributed by atoms with Crippen LogP contribution >= 0.6 is 15.9 Å². The molecule has 0 aliphatic heterocycles. The van der Waals surface area contributed by atoms with E-state index in [0.717, 1.165) is 0 Å². The number of hydrogen-bond acceptors (Lipinski definition) is 0. The topological polar surface area (TPSA) is 0 Å². The lowest BCUT2D eigenvalue weighted by Gasteiger charge is -2.06. The van der Waals surface area contributed by atoms with Crippen molar-refractivity contribution in [1.82, 2.24) is 0 Å². The lowest BCUT2D eigenvalue weighted by Crippen LogP contribution is -1.95. The van der Waals surface area contributed by atoms with Gasteiger partial charge in [-0.1, -0.05) is 41.1 Å². The van der Waals surface area contributed by atoms with E-state index >= 15 is 0 Å². The molecule has 1 unspecified atom stereocenters. The summed E-state index contributed by atoms with van der Waals surface area (Å²) in [7, 11) is 0. The Kier molecular flexibility index (Phi) is 3.27. The fourth-order valence-corrected chi connectivity index (χ4v) is 2.38. The smallest absolute Gasteiger partial charge is 0.0120 e. The van der Waals surface area contributed by atoms with Gasteiger partial charge in [0.1, 0.15) is 0 Å². The second kappa shape index (κ2) is 4.48. The van der Waals surface area contributed by atoms with E-state index < -0.39 is 0 Å². The van der Waals surface area contributed by atoms with E-state index in [2.05, 4.69) is 41.1 Å². The molecule has 1 aromatic rings. The van der Waals surface area contributed by atoms with E-state index in [-0.39, 0.29) is 0 Å². The highest BCUT2D eigenvalue weighted by atomic mass is 79.9. The maximum atomic E-state index is 3.59. The molecular formula is C13H17Br. The number of alkyl halides is 1. The van der Waals surface area contributed by atoms with Crippen LogP contribution in [0.2, 0.25) is 0 Å². The molecule has 2 rings (SSSR count). The van der Waals surface area contributed by atoms with Crippen LogP contribution in [0, 0.1) is 0 Å². The SMILES string of the molecule is CC(Br)CCc1ccc2c(c1)CCC2. The minimum absolute atomic E-state index is 0.635. The molecule has 0 saturated carbocycles. The van der Waals surface area contributed by atoms with E-state index in [1.807, 2.05) is 0 Å². The number of fused-ring (bicyclic) bond motifs is 1. The van der Waals surface area contributed by atoms with Crippen molar-refractivity contribution in [2.24, 2.45) is 0 Å². The first kappa shape index (κ1) is 10.2. The second-order valence-electron chi connectivity index (χ2n) is 4.28. The van der Waals surface area contributed by atoms with Crippen LogP contribution in [0.4, 0.5) is 0 Å². The molecule has 1 aliphatic carbocycles. The largest absolute Gasteiger partial charge is 0.0894 e. The summed E-state index contributed by atoms with van der Waals surface area (Å²) in [5.41, 5.74) is 4.70. The van der Waals surface area contributed by atoms with Crippen molar-refractivity contribution in [2.75, 3.05) is 0 Å². The molecule has 0 radical (unpaired) electrons. The predicted molar refractivity (Wildman–Crippen MR) is 65.2 cm³/mol. The van der Waals surface area contributed by atoms with Gasteiger partial charge in [0, 0.05) is 4.83 Å². The van der Waals surface area contributed by atoms with E-state index in [9.17, 15) is 0 Å². The van der Waals surface area contributed by atoms with E-state index in [1.165, 1.54) is 37.7 Å². The van der Waals surface area contributed by atoms with Crippen LogP contribution < -0.4 is 0 Å². The highest BCUT2D eigenvalue weighted by molar-refractivity contribution is 9.09. The summed E-state index contributed by atoms with van der Waals surface area (Å²) in [5, 5.41) is 0. The first-order chi connectivity index (χ1) is 6.75. The lowest BCUT2D eigenvalue weighted by molar-refractivity contribution is 0.820. The van der Waals surface area contributed by atoms with E-state index in [0.29, 0.717) is 4.83 Å². The second-order valence-corrected chi connectivity index (χ2v) is 5.84. The van der Waals surface area contributed by atoms with Gasteiger partial charge in [0.2, 0.25) is 0 Å². The van der Waals surface area contributed by atoms with Crippen molar-refractivity contribution < 1.29 is 0 Å². The van der Waals surface area contributed by atoms with Gasteiger partial charge in [-0.15, -0.1) is 0 Å². The Bertz CT molecular complexity index is 315. The number of halogens is 1. The Morgan fingerprint density at radius 3 is 2.86 bits per heavy atom. The summed E-state index contributed by atoms with van der Waals surface area (Å²) >= 11 is 3.59. The van der Waals surface area contributed by atoms with Crippen molar-refractivity contribution in [3.8, 4) is 0 Å². The number of benzene rings is 1. The van der Waals surface area contributed by atoms with Gasteiger partial charge >= 0.3 is 0 Å². The van der Waals surface area contributed by atoms with Gasteiger partial charge in [0.25, 0.3) is 0 Å². The van der Waals surface area contributed by atoms with Crippen LogP contribution in [0.1, 0.15) is 36.5 Å². The third-order valence-corrected chi connectivity index (χ3v) is 3.45. The Hall–Kier alpha value is -0.300. The Balaban J connectivity index is 2.05. The summed E-state index contributed by atoms with van der Waals surface area (Å²) < 4.78 is 0. The zero-order valence-corrected chi connectivity index (χ0v) is 10.3. The molecule has 1 aliphatic rings. The summed E-state index contributed by atoms with van der Waals surface area (Å²) in [6.45, 7) is 2.22. The zero-order chi connectivity index (χ0) is 9.97. The maximum absolute atomic E-state index is 3.59. The van der Waals surface area contributed by atoms with Crippen LogP contribution in [0.3, 0.4) is 0 Å².